The van der Waals surface area contributed by atoms with Gasteiger partial charge < -0.3 is 5.11 Å². The number of Topliss-reactive ketones (excluding diaryl/α,β-unsaturated/α-hetero) is 1. The minimum absolute atomic E-state index is 0.0706. The Morgan fingerprint density at radius 2 is 2.00 bits per heavy atom. The van der Waals surface area contributed by atoms with Gasteiger partial charge in [0.25, 0.3) is 0 Å². The summed E-state index contributed by atoms with van der Waals surface area (Å²) in [5.41, 5.74) is 0.754. The summed E-state index contributed by atoms with van der Waals surface area (Å²) in [6.07, 6.45) is 2.63. The molecule has 0 spiro atoms. The SMILES string of the molecule is CCC(O)/C=C(\CC(C)C)C(C)=O. The lowest BCUT2D eigenvalue weighted by Crippen LogP contribution is -2.07. The molecule has 1 N–H and O–H groups in total. The lowest BCUT2D eigenvalue weighted by molar-refractivity contribution is -0.113. The number of aliphatic hydroxyl groups is 1. The third kappa shape index (κ3) is 5.58. The van der Waals surface area contributed by atoms with Crippen LogP contribution in [0.2, 0.25) is 0 Å². The molecule has 2 nitrogen and oxygen atoms in total. The van der Waals surface area contributed by atoms with Gasteiger partial charge in [0.05, 0.1) is 6.10 Å². The molecule has 0 heterocycles. The predicted octanol–water partition coefficient (Wildman–Crippen LogP) is 2.32. The highest BCUT2D eigenvalue weighted by molar-refractivity contribution is 5.93. The van der Waals surface area contributed by atoms with Crippen LogP contribution in [0.4, 0.5) is 0 Å². The lowest BCUT2D eigenvalue weighted by Gasteiger charge is -2.09. The van der Waals surface area contributed by atoms with Crippen LogP contribution in [0.3, 0.4) is 0 Å². The molecule has 1 atom stereocenters. The highest BCUT2D eigenvalue weighted by Crippen LogP contribution is 2.13. The van der Waals surface area contributed by atoms with Crippen molar-refractivity contribution < 1.29 is 9.90 Å². The number of carbonyl (C=O) groups is 1. The van der Waals surface area contributed by atoms with E-state index in [1.54, 1.807) is 13.0 Å². The van der Waals surface area contributed by atoms with E-state index in [0.717, 1.165) is 12.0 Å². The largest absolute Gasteiger partial charge is 0.389 e. The Bertz CT molecular complexity index is 192. The molecule has 1 unspecified atom stereocenters. The number of rotatable bonds is 5. The molecule has 2 heteroatoms. The fourth-order valence-corrected chi connectivity index (χ4v) is 1.12. The van der Waals surface area contributed by atoms with Crippen LogP contribution in [0.5, 0.6) is 0 Å². The predicted molar refractivity (Wildman–Crippen MR) is 54.5 cm³/mol. The molecule has 0 aliphatic carbocycles. The average molecular weight is 184 g/mol. The molecule has 0 amide bonds. The molecule has 0 aromatic rings. The number of aliphatic hydroxyl groups excluding tert-OH is 1. The summed E-state index contributed by atoms with van der Waals surface area (Å²) < 4.78 is 0. The standard InChI is InChI=1S/C11H20O2/c1-5-11(13)7-10(9(4)12)6-8(2)3/h7-8,11,13H,5-6H2,1-4H3/b10-7+. The molecule has 0 radical (unpaired) electrons. The maximum Gasteiger partial charge on any atom is 0.155 e. The van der Waals surface area contributed by atoms with Crippen molar-refractivity contribution in [3.05, 3.63) is 11.6 Å². The van der Waals surface area contributed by atoms with Gasteiger partial charge in [0.15, 0.2) is 5.78 Å². The number of allylic oxidation sites excluding steroid dienone is 1. The zero-order valence-electron chi connectivity index (χ0n) is 9.00. The van der Waals surface area contributed by atoms with Gasteiger partial charge in [-0.2, -0.15) is 0 Å². The first kappa shape index (κ1) is 12.4. The summed E-state index contributed by atoms with van der Waals surface area (Å²) in [6, 6.07) is 0. The summed E-state index contributed by atoms with van der Waals surface area (Å²) in [5, 5.41) is 9.36. The molecular formula is C11H20O2. The zero-order valence-corrected chi connectivity index (χ0v) is 9.00. The first-order valence-electron chi connectivity index (χ1n) is 4.87. The van der Waals surface area contributed by atoms with E-state index in [1.165, 1.54) is 0 Å². The maximum atomic E-state index is 11.2. The van der Waals surface area contributed by atoms with E-state index < -0.39 is 6.10 Å². The Morgan fingerprint density at radius 3 is 2.31 bits per heavy atom. The van der Waals surface area contributed by atoms with Crippen LogP contribution in [0.1, 0.15) is 40.5 Å². The van der Waals surface area contributed by atoms with Crippen LogP contribution < -0.4 is 0 Å². The molecular weight excluding hydrogens is 164 g/mol. The van der Waals surface area contributed by atoms with E-state index >= 15 is 0 Å². The molecule has 0 aromatic carbocycles. The van der Waals surface area contributed by atoms with Crippen molar-refractivity contribution >= 4 is 5.78 Å². The molecule has 13 heavy (non-hydrogen) atoms. The third-order valence-electron chi connectivity index (χ3n) is 1.89. The summed E-state index contributed by atoms with van der Waals surface area (Å²) >= 11 is 0. The number of hydrogen-bond acceptors (Lipinski definition) is 2. The lowest BCUT2D eigenvalue weighted by atomic mass is 9.98. The smallest absolute Gasteiger partial charge is 0.155 e. The van der Waals surface area contributed by atoms with Crippen molar-refractivity contribution in [2.75, 3.05) is 0 Å². The molecule has 0 aliphatic heterocycles. The van der Waals surface area contributed by atoms with Crippen LogP contribution in [0, 0.1) is 5.92 Å². The fraction of sp³-hybridized carbons (Fsp3) is 0.727. The Morgan fingerprint density at radius 1 is 1.46 bits per heavy atom. The molecule has 0 saturated carbocycles. The summed E-state index contributed by atoms with van der Waals surface area (Å²) in [6.45, 7) is 7.58. The molecule has 76 valence electrons. The molecule has 0 rings (SSSR count). The Balaban J connectivity index is 4.41. The van der Waals surface area contributed by atoms with Gasteiger partial charge in [-0.15, -0.1) is 0 Å². The zero-order chi connectivity index (χ0) is 10.4. The first-order chi connectivity index (χ1) is 5.97. The molecule has 0 bridgehead atoms. The minimum Gasteiger partial charge on any atom is -0.389 e. The number of hydrogen-bond donors (Lipinski definition) is 1. The van der Waals surface area contributed by atoms with E-state index in [9.17, 15) is 9.90 Å². The molecule has 0 saturated heterocycles. The van der Waals surface area contributed by atoms with Gasteiger partial charge in [0.1, 0.15) is 0 Å². The van der Waals surface area contributed by atoms with E-state index in [1.807, 2.05) is 6.92 Å². The van der Waals surface area contributed by atoms with Gasteiger partial charge in [0.2, 0.25) is 0 Å². The topological polar surface area (TPSA) is 37.3 Å². The van der Waals surface area contributed by atoms with Crippen molar-refractivity contribution in [3.8, 4) is 0 Å². The van der Waals surface area contributed by atoms with Gasteiger partial charge in [-0.3, -0.25) is 4.79 Å². The highest BCUT2D eigenvalue weighted by Gasteiger charge is 2.08. The van der Waals surface area contributed by atoms with Crippen LogP contribution in [0.15, 0.2) is 11.6 Å². The van der Waals surface area contributed by atoms with Crippen LogP contribution in [-0.2, 0) is 4.79 Å². The molecule has 0 aromatic heterocycles. The average Bonchev–Trinajstić information content (AvgIpc) is 2.02. The minimum atomic E-state index is -0.474. The molecule has 0 fully saturated rings. The summed E-state index contributed by atoms with van der Waals surface area (Å²) in [7, 11) is 0. The maximum absolute atomic E-state index is 11.2. The number of carbonyl (C=O) groups excluding carboxylic acids is 1. The summed E-state index contributed by atoms with van der Waals surface area (Å²) in [5.74, 6) is 0.528. The Kier molecular flexibility index (Phi) is 5.63. The van der Waals surface area contributed by atoms with Gasteiger partial charge in [-0.05, 0) is 37.3 Å². The van der Waals surface area contributed by atoms with E-state index in [-0.39, 0.29) is 5.78 Å². The van der Waals surface area contributed by atoms with Crippen LogP contribution in [0.25, 0.3) is 0 Å². The second-order valence-electron chi connectivity index (χ2n) is 3.82. The van der Waals surface area contributed by atoms with Gasteiger partial charge in [-0.25, -0.2) is 0 Å². The monoisotopic (exact) mass is 184 g/mol. The van der Waals surface area contributed by atoms with E-state index in [4.69, 9.17) is 0 Å². The van der Waals surface area contributed by atoms with Gasteiger partial charge in [0, 0.05) is 0 Å². The van der Waals surface area contributed by atoms with Crippen LogP contribution in [-0.4, -0.2) is 17.0 Å². The van der Waals surface area contributed by atoms with Crippen molar-refractivity contribution in [2.24, 2.45) is 5.92 Å². The van der Waals surface area contributed by atoms with E-state index in [0.29, 0.717) is 12.3 Å². The van der Waals surface area contributed by atoms with Crippen molar-refractivity contribution in [1.29, 1.82) is 0 Å². The van der Waals surface area contributed by atoms with Crippen molar-refractivity contribution in [3.63, 3.8) is 0 Å². The summed E-state index contributed by atoms with van der Waals surface area (Å²) in [4.78, 5) is 11.2. The third-order valence-corrected chi connectivity index (χ3v) is 1.89. The first-order valence-corrected chi connectivity index (χ1v) is 4.87. The van der Waals surface area contributed by atoms with Gasteiger partial charge >= 0.3 is 0 Å². The second kappa shape index (κ2) is 5.92. The van der Waals surface area contributed by atoms with Crippen molar-refractivity contribution in [2.45, 2.75) is 46.6 Å². The molecule has 0 aliphatic rings. The van der Waals surface area contributed by atoms with E-state index in [2.05, 4.69) is 13.8 Å². The Hall–Kier alpha value is -0.630. The van der Waals surface area contributed by atoms with Crippen molar-refractivity contribution in [1.82, 2.24) is 0 Å². The second-order valence-corrected chi connectivity index (χ2v) is 3.82. The van der Waals surface area contributed by atoms with Crippen LogP contribution >= 0.6 is 0 Å². The normalized spacial score (nSPS) is 14.8. The highest BCUT2D eigenvalue weighted by atomic mass is 16.3. The quantitative estimate of drug-likeness (QED) is 0.666. The Labute approximate surface area is 80.7 Å². The van der Waals surface area contributed by atoms with Gasteiger partial charge in [-0.1, -0.05) is 20.8 Å². The fourth-order valence-electron chi connectivity index (χ4n) is 1.12. The number of ketones is 1.